The minimum Gasteiger partial charge on any atom is -0.497 e. The first kappa shape index (κ1) is 27.3. The van der Waals surface area contributed by atoms with Crippen LogP contribution in [0.3, 0.4) is 0 Å². The number of benzene rings is 2. The highest BCUT2D eigenvalue weighted by molar-refractivity contribution is 5.84. The molecule has 1 atom stereocenters. The van der Waals surface area contributed by atoms with Gasteiger partial charge in [0.15, 0.2) is 0 Å². The molecule has 37 heavy (non-hydrogen) atoms. The lowest BCUT2D eigenvalue weighted by Gasteiger charge is -2.41. The largest absolute Gasteiger partial charge is 0.497 e. The number of ether oxygens (including phenoxy) is 1. The molecule has 0 amide bonds. The number of aliphatic hydroxyl groups is 2. The zero-order chi connectivity index (χ0) is 26.6. The first-order valence-corrected chi connectivity index (χ1v) is 12.5. The van der Waals surface area contributed by atoms with Gasteiger partial charge < -0.3 is 19.8 Å². The van der Waals surface area contributed by atoms with Crippen molar-refractivity contribution >= 4 is 10.9 Å². The first-order chi connectivity index (χ1) is 17.7. The van der Waals surface area contributed by atoms with E-state index < -0.39 is 34.8 Å². The monoisotopic (exact) mass is 520 g/mol. The molecule has 1 unspecified atom stereocenters. The van der Waals surface area contributed by atoms with Crippen molar-refractivity contribution in [2.24, 2.45) is 5.41 Å². The smallest absolute Gasteiger partial charge is 0.147 e. The number of likely N-dealkylation sites (tertiary alicyclic amines) is 1. The zero-order valence-electron chi connectivity index (χ0n) is 20.8. The van der Waals surface area contributed by atoms with Gasteiger partial charge in [-0.3, -0.25) is 4.98 Å². The van der Waals surface area contributed by atoms with Crippen molar-refractivity contribution in [1.82, 2.24) is 9.88 Å². The van der Waals surface area contributed by atoms with Gasteiger partial charge in [0.25, 0.3) is 0 Å². The van der Waals surface area contributed by atoms with Crippen LogP contribution in [-0.4, -0.2) is 53.4 Å². The van der Waals surface area contributed by atoms with Crippen LogP contribution in [0.15, 0.2) is 36.5 Å². The van der Waals surface area contributed by atoms with Crippen LogP contribution in [0.4, 0.5) is 17.6 Å². The number of halogens is 4. The number of methoxy groups -OCH3 is 1. The molecule has 1 aliphatic rings. The van der Waals surface area contributed by atoms with Crippen LogP contribution in [0.2, 0.25) is 0 Å². The fourth-order valence-electron chi connectivity index (χ4n) is 5.25. The Labute approximate surface area is 213 Å². The molecule has 0 spiro atoms. The lowest BCUT2D eigenvalue weighted by atomic mass is 9.74. The van der Waals surface area contributed by atoms with Gasteiger partial charge in [0, 0.05) is 35.3 Å². The summed E-state index contributed by atoms with van der Waals surface area (Å²) in [6, 6.07) is 6.49. The van der Waals surface area contributed by atoms with E-state index in [1.165, 1.54) is 7.11 Å². The van der Waals surface area contributed by atoms with Crippen molar-refractivity contribution in [3.05, 3.63) is 70.9 Å². The van der Waals surface area contributed by atoms with Crippen molar-refractivity contribution in [3.8, 4) is 5.75 Å². The van der Waals surface area contributed by atoms with E-state index in [9.17, 15) is 27.8 Å². The Morgan fingerprint density at radius 3 is 2.41 bits per heavy atom. The Kier molecular flexibility index (Phi) is 8.67. The van der Waals surface area contributed by atoms with Crippen molar-refractivity contribution < 1.29 is 32.5 Å². The molecule has 9 heteroatoms. The number of fused-ring (bicyclic) bond motifs is 1. The summed E-state index contributed by atoms with van der Waals surface area (Å²) in [6.45, 7) is 1.95. The van der Waals surface area contributed by atoms with Gasteiger partial charge >= 0.3 is 0 Å². The molecule has 0 bridgehead atoms. The molecule has 2 N–H and O–H groups in total. The number of pyridine rings is 1. The fourth-order valence-corrected chi connectivity index (χ4v) is 5.25. The maximum Gasteiger partial charge on any atom is 0.147 e. The zero-order valence-corrected chi connectivity index (χ0v) is 20.8. The van der Waals surface area contributed by atoms with E-state index in [1.807, 2.05) is 0 Å². The molecule has 1 fully saturated rings. The van der Waals surface area contributed by atoms with Crippen LogP contribution >= 0.6 is 0 Å². The number of hydrogen-bond acceptors (Lipinski definition) is 5. The summed E-state index contributed by atoms with van der Waals surface area (Å²) in [5.41, 5.74) is 0.228. The van der Waals surface area contributed by atoms with Gasteiger partial charge in [-0.1, -0.05) is 0 Å². The van der Waals surface area contributed by atoms with Gasteiger partial charge in [0.2, 0.25) is 0 Å². The maximum absolute atomic E-state index is 14.7. The molecular weight excluding hydrogens is 488 g/mol. The Bertz CT molecular complexity index is 1210. The van der Waals surface area contributed by atoms with Gasteiger partial charge in [-0.2, -0.15) is 0 Å². The summed E-state index contributed by atoms with van der Waals surface area (Å²) in [4.78, 5) is 6.27. The van der Waals surface area contributed by atoms with E-state index in [2.05, 4.69) is 9.88 Å². The number of rotatable bonds is 10. The number of nitrogens with zero attached hydrogens (tertiary/aromatic N) is 2. The number of piperidine rings is 1. The van der Waals surface area contributed by atoms with Crippen LogP contribution in [-0.2, 0) is 6.42 Å². The lowest BCUT2D eigenvalue weighted by molar-refractivity contribution is 0.0230. The molecular formula is C28H32F4N2O3. The number of hydrogen-bond donors (Lipinski definition) is 2. The van der Waals surface area contributed by atoms with E-state index in [-0.39, 0.29) is 30.6 Å². The van der Waals surface area contributed by atoms with Crippen LogP contribution in [0.5, 0.6) is 5.75 Å². The van der Waals surface area contributed by atoms with E-state index in [0.717, 1.165) is 6.20 Å². The van der Waals surface area contributed by atoms with Crippen LogP contribution in [0.25, 0.3) is 10.9 Å². The van der Waals surface area contributed by atoms with E-state index in [1.54, 1.807) is 18.2 Å². The van der Waals surface area contributed by atoms with Crippen LogP contribution < -0.4 is 4.74 Å². The van der Waals surface area contributed by atoms with Crippen molar-refractivity contribution in [2.45, 2.75) is 44.6 Å². The van der Waals surface area contributed by atoms with Crippen molar-refractivity contribution in [3.63, 3.8) is 0 Å². The second-order valence-corrected chi connectivity index (χ2v) is 9.91. The average Bonchev–Trinajstić information content (AvgIpc) is 2.89. The minimum absolute atomic E-state index is 0.0487. The van der Waals surface area contributed by atoms with Crippen LogP contribution in [0.1, 0.15) is 49.3 Å². The molecule has 200 valence electrons. The fraction of sp³-hybridized carbons (Fsp3) is 0.464. The van der Waals surface area contributed by atoms with E-state index >= 15 is 0 Å². The highest BCUT2D eigenvalue weighted by Gasteiger charge is 2.34. The summed E-state index contributed by atoms with van der Waals surface area (Å²) in [5.74, 6) is -2.72. The molecule has 1 saturated heterocycles. The quantitative estimate of drug-likeness (QED) is 0.354. The minimum atomic E-state index is -1.07. The average molecular weight is 521 g/mol. The Balaban J connectivity index is 1.33. The summed E-state index contributed by atoms with van der Waals surface area (Å²) < 4.78 is 60.8. The maximum atomic E-state index is 14.7. The van der Waals surface area contributed by atoms with Crippen molar-refractivity contribution in [2.75, 3.05) is 33.4 Å². The Morgan fingerprint density at radius 1 is 1.05 bits per heavy atom. The predicted molar refractivity (Wildman–Crippen MR) is 132 cm³/mol. The molecule has 0 aliphatic carbocycles. The Hall–Kier alpha value is -2.75. The molecule has 4 rings (SSSR count). The number of aromatic nitrogens is 1. The molecule has 3 aromatic rings. The van der Waals surface area contributed by atoms with Crippen molar-refractivity contribution in [1.29, 1.82) is 0 Å². The molecule has 0 saturated carbocycles. The molecule has 1 aliphatic heterocycles. The van der Waals surface area contributed by atoms with Gasteiger partial charge in [-0.15, -0.1) is 0 Å². The second-order valence-electron chi connectivity index (χ2n) is 9.91. The normalized spacial score (nSPS) is 16.7. The Morgan fingerprint density at radius 2 is 1.76 bits per heavy atom. The first-order valence-electron chi connectivity index (χ1n) is 12.5. The predicted octanol–water partition coefficient (Wildman–Crippen LogP) is 5.32. The van der Waals surface area contributed by atoms with Gasteiger partial charge in [-0.25, -0.2) is 17.6 Å². The summed E-state index contributed by atoms with van der Waals surface area (Å²) >= 11 is 0. The summed E-state index contributed by atoms with van der Waals surface area (Å²) in [5, 5.41) is 21.7. The third kappa shape index (κ3) is 6.22. The third-order valence-electron chi connectivity index (χ3n) is 7.61. The van der Waals surface area contributed by atoms with E-state index in [4.69, 9.17) is 4.74 Å². The van der Waals surface area contributed by atoms with E-state index in [0.29, 0.717) is 74.1 Å². The second kappa shape index (κ2) is 11.8. The molecule has 1 aromatic heterocycles. The highest BCUT2D eigenvalue weighted by Crippen LogP contribution is 2.39. The van der Waals surface area contributed by atoms with Gasteiger partial charge in [0.1, 0.15) is 29.0 Å². The molecule has 2 heterocycles. The summed E-state index contributed by atoms with van der Waals surface area (Å²) in [6.07, 6.45) is 2.88. The van der Waals surface area contributed by atoms with Gasteiger partial charge in [0.05, 0.1) is 24.9 Å². The topological polar surface area (TPSA) is 65.8 Å². The highest BCUT2D eigenvalue weighted by atomic mass is 19.1. The third-order valence-corrected chi connectivity index (χ3v) is 7.61. The van der Waals surface area contributed by atoms with Gasteiger partial charge in [-0.05, 0) is 81.8 Å². The van der Waals surface area contributed by atoms with Crippen LogP contribution in [0, 0.1) is 28.7 Å². The summed E-state index contributed by atoms with van der Waals surface area (Å²) in [7, 11) is 1.51. The SMILES string of the molecule is COc1ccc2ncc(F)c(C(O)CCC3(CO)CCN(CCCc4c(F)cc(F)cc4F)CC3)c2c1. The standard InChI is InChI=1S/C28H32F4N2O3/c1-37-19-4-5-25-21(15-19)27(24(32)16-33-25)26(36)6-7-28(17-35)8-11-34(12-9-28)10-2-3-20-22(30)13-18(29)14-23(20)31/h4-5,13-16,26,35-36H,2-3,6-12,17H2,1H3. The lowest BCUT2D eigenvalue weighted by Crippen LogP contribution is -2.42. The molecule has 2 aromatic carbocycles. The molecule has 5 nitrogen and oxygen atoms in total. The molecule has 0 radical (unpaired) electrons. The number of aliphatic hydroxyl groups excluding tert-OH is 2.